The van der Waals surface area contributed by atoms with E-state index in [1.165, 1.54) is 5.56 Å². The summed E-state index contributed by atoms with van der Waals surface area (Å²) in [5, 5.41) is 0. The number of terminal acetylenes is 1. The summed E-state index contributed by atoms with van der Waals surface area (Å²) in [6.45, 7) is 4.25. The maximum absolute atomic E-state index is 12.8. The molecule has 0 bridgehead atoms. The van der Waals surface area contributed by atoms with Gasteiger partial charge in [0.1, 0.15) is 0 Å². The number of nitrogens with zero attached hydrogens (tertiary/aromatic N) is 4. The molecule has 3 heterocycles. The minimum absolute atomic E-state index is 0.0296. The highest BCUT2D eigenvalue weighted by atomic mass is 16.6. The van der Waals surface area contributed by atoms with Crippen LogP contribution in [0.4, 0.5) is 15.3 Å². The minimum Gasteiger partial charge on any atom is -0.436 e. The topological polar surface area (TPSA) is 56.3 Å². The number of urea groups is 1. The monoisotopic (exact) mass is 424 g/mol. The first kappa shape index (κ1) is 21.5. The van der Waals surface area contributed by atoms with Crippen LogP contribution in [0.2, 0.25) is 0 Å². The Kier molecular flexibility index (Phi) is 6.10. The van der Waals surface area contributed by atoms with E-state index in [9.17, 15) is 9.59 Å². The van der Waals surface area contributed by atoms with Crippen LogP contribution in [-0.2, 0) is 10.2 Å². The third kappa shape index (κ3) is 4.09. The number of para-hydroxylation sites is 1. The molecule has 1 spiro atoms. The van der Waals surface area contributed by atoms with Crippen LogP contribution in [-0.4, -0.2) is 86.3 Å². The van der Waals surface area contributed by atoms with Crippen molar-refractivity contribution in [3.63, 3.8) is 0 Å². The number of fused-ring (bicyclic) bond motifs is 2. The van der Waals surface area contributed by atoms with Crippen molar-refractivity contribution < 1.29 is 14.3 Å². The van der Waals surface area contributed by atoms with E-state index >= 15 is 0 Å². The van der Waals surface area contributed by atoms with Gasteiger partial charge in [-0.3, -0.25) is 4.90 Å². The third-order valence-corrected chi connectivity index (χ3v) is 7.11. The van der Waals surface area contributed by atoms with Crippen LogP contribution >= 0.6 is 0 Å². The van der Waals surface area contributed by atoms with Crippen molar-refractivity contribution in [2.45, 2.75) is 37.1 Å². The number of benzene rings is 1. The zero-order chi connectivity index (χ0) is 22.0. The summed E-state index contributed by atoms with van der Waals surface area (Å²) < 4.78 is 5.06. The van der Waals surface area contributed by atoms with E-state index in [1.807, 2.05) is 25.1 Å². The number of anilines is 1. The van der Waals surface area contributed by atoms with Gasteiger partial charge in [-0.2, -0.15) is 0 Å². The highest BCUT2D eigenvalue weighted by Crippen LogP contribution is 2.47. The molecule has 7 nitrogen and oxygen atoms in total. The van der Waals surface area contributed by atoms with E-state index in [0.717, 1.165) is 51.0 Å². The first-order valence-electron chi connectivity index (χ1n) is 11.1. The van der Waals surface area contributed by atoms with Crippen molar-refractivity contribution in [2.24, 2.45) is 0 Å². The average molecular weight is 425 g/mol. The maximum atomic E-state index is 12.8. The van der Waals surface area contributed by atoms with Crippen molar-refractivity contribution in [2.75, 3.05) is 58.3 Å². The number of ether oxygens (including phenoxy) is 1. The lowest BCUT2D eigenvalue weighted by atomic mass is 9.74. The van der Waals surface area contributed by atoms with Crippen LogP contribution < -0.4 is 4.90 Å². The van der Waals surface area contributed by atoms with E-state index in [-0.39, 0.29) is 24.1 Å². The normalized spacial score (nSPS) is 20.9. The van der Waals surface area contributed by atoms with E-state index in [1.54, 1.807) is 9.80 Å². The Hall–Kier alpha value is -2.72. The molecule has 0 saturated carbocycles. The second-order valence-corrected chi connectivity index (χ2v) is 9.07. The molecule has 2 saturated heterocycles. The zero-order valence-corrected chi connectivity index (χ0v) is 18.5. The van der Waals surface area contributed by atoms with Gasteiger partial charge in [0.15, 0.2) is 6.61 Å². The SMILES string of the molecule is C#CCOC(=O)N1CCC(N2CCC3(CC2)CN(C(=O)N(C)C)c2ccccc23)CC1. The summed E-state index contributed by atoms with van der Waals surface area (Å²) in [6, 6.07) is 8.93. The lowest BCUT2D eigenvalue weighted by Crippen LogP contribution is -2.52. The molecule has 7 heteroatoms. The van der Waals surface area contributed by atoms with Gasteiger partial charge >= 0.3 is 12.1 Å². The molecule has 3 amide bonds. The van der Waals surface area contributed by atoms with Gasteiger partial charge in [-0.25, -0.2) is 9.59 Å². The third-order valence-electron chi connectivity index (χ3n) is 7.11. The van der Waals surface area contributed by atoms with E-state index in [2.05, 4.69) is 29.0 Å². The molecule has 2 fully saturated rings. The number of hydrogen-bond donors (Lipinski definition) is 0. The molecule has 3 aliphatic rings. The fourth-order valence-corrected chi connectivity index (χ4v) is 5.40. The summed E-state index contributed by atoms with van der Waals surface area (Å²) in [4.78, 5) is 32.8. The number of piperidine rings is 2. The Labute approximate surface area is 184 Å². The maximum Gasteiger partial charge on any atom is 0.410 e. The number of amides is 3. The predicted octanol–water partition coefficient (Wildman–Crippen LogP) is 2.76. The van der Waals surface area contributed by atoms with Gasteiger partial charge in [-0.1, -0.05) is 24.1 Å². The molecule has 4 rings (SSSR count). The molecule has 0 unspecified atom stereocenters. The predicted molar refractivity (Wildman–Crippen MR) is 120 cm³/mol. The summed E-state index contributed by atoms with van der Waals surface area (Å²) >= 11 is 0. The van der Waals surface area contributed by atoms with Crippen LogP contribution in [0.15, 0.2) is 24.3 Å². The Morgan fingerprint density at radius 2 is 1.84 bits per heavy atom. The molecule has 0 aliphatic carbocycles. The van der Waals surface area contributed by atoms with Crippen LogP contribution in [0.25, 0.3) is 0 Å². The van der Waals surface area contributed by atoms with E-state index in [0.29, 0.717) is 19.1 Å². The van der Waals surface area contributed by atoms with Crippen molar-refractivity contribution in [1.82, 2.24) is 14.7 Å². The van der Waals surface area contributed by atoms with Crippen molar-refractivity contribution in [3.05, 3.63) is 29.8 Å². The van der Waals surface area contributed by atoms with Crippen LogP contribution in [0.1, 0.15) is 31.2 Å². The van der Waals surface area contributed by atoms with Crippen LogP contribution in [0.3, 0.4) is 0 Å². The van der Waals surface area contributed by atoms with Crippen molar-refractivity contribution in [1.29, 1.82) is 0 Å². The largest absolute Gasteiger partial charge is 0.436 e. The Bertz CT molecular complexity index is 862. The molecule has 31 heavy (non-hydrogen) atoms. The second-order valence-electron chi connectivity index (χ2n) is 9.07. The summed E-state index contributed by atoms with van der Waals surface area (Å²) in [5.41, 5.74) is 2.42. The molecule has 0 N–H and O–H groups in total. The quantitative estimate of drug-likeness (QED) is 0.685. The molecule has 0 aromatic heterocycles. The van der Waals surface area contributed by atoms with Crippen LogP contribution in [0.5, 0.6) is 0 Å². The van der Waals surface area contributed by atoms with Gasteiger partial charge in [0, 0.05) is 50.9 Å². The van der Waals surface area contributed by atoms with Gasteiger partial charge < -0.3 is 19.4 Å². The summed E-state index contributed by atoms with van der Waals surface area (Å²) in [7, 11) is 3.63. The molecular formula is C24H32N4O3. The molecule has 1 aromatic rings. The Morgan fingerprint density at radius 1 is 1.16 bits per heavy atom. The standard InChI is InChI=1S/C24H32N4O3/c1-4-17-31-23(30)27-13-9-19(10-14-27)26-15-11-24(12-16-26)18-28(22(29)25(2)3)21-8-6-5-7-20(21)24/h1,5-8,19H,9-18H2,2-3H3. The fraction of sp³-hybridized carbons (Fsp3) is 0.583. The van der Waals surface area contributed by atoms with Gasteiger partial charge in [-0.05, 0) is 50.4 Å². The number of rotatable bonds is 2. The molecule has 0 atom stereocenters. The molecular weight excluding hydrogens is 392 g/mol. The summed E-state index contributed by atoms with van der Waals surface area (Å²) in [5.74, 6) is 2.34. The number of hydrogen-bond acceptors (Lipinski definition) is 4. The highest BCUT2D eigenvalue weighted by molar-refractivity contribution is 5.95. The molecule has 166 valence electrons. The first-order valence-corrected chi connectivity index (χ1v) is 11.1. The second kappa shape index (κ2) is 8.80. The van der Waals surface area contributed by atoms with Crippen molar-refractivity contribution in [3.8, 4) is 12.3 Å². The Morgan fingerprint density at radius 3 is 2.48 bits per heavy atom. The highest BCUT2D eigenvalue weighted by Gasteiger charge is 2.47. The first-order chi connectivity index (χ1) is 14.9. The van der Waals surface area contributed by atoms with Gasteiger partial charge in [0.05, 0.1) is 0 Å². The van der Waals surface area contributed by atoms with Gasteiger partial charge in [0.2, 0.25) is 0 Å². The fourth-order valence-electron chi connectivity index (χ4n) is 5.40. The minimum atomic E-state index is -0.304. The van der Waals surface area contributed by atoms with Gasteiger partial charge in [-0.15, -0.1) is 6.42 Å². The Balaban J connectivity index is 1.38. The smallest absolute Gasteiger partial charge is 0.410 e. The zero-order valence-electron chi connectivity index (χ0n) is 18.5. The molecule has 1 aromatic carbocycles. The molecule has 0 radical (unpaired) electrons. The number of carbonyl (C=O) groups is 2. The lowest BCUT2D eigenvalue weighted by Gasteiger charge is -2.45. The average Bonchev–Trinajstić information content (AvgIpc) is 3.11. The van der Waals surface area contributed by atoms with E-state index in [4.69, 9.17) is 11.2 Å². The molecule has 3 aliphatic heterocycles. The lowest BCUT2D eigenvalue weighted by molar-refractivity contribution is 0.0602. The van der Waals surface area contributed by atoms with Crippen LogP contribution in [0, 0.1) is 12.3 Å². The van der Waals surface area contributed by atoms with E-state index < -0.39 is 0 Å². The number of likely N-dealkylation sites (tertiary alicyclic amines) is 2. The summed E-state index contributed by atoms with van der Waals surface area (Å²) in [6.07, 6.45) is 8.88. The van der Waals surface area contributed by atoms with Gasteiger partial charge in [0.25, 0.3) is 0 Å². The number of carbonyl (C=O) groups excluding carboxylic acids is 2. The van der Waals surface area contributed by atoms with Crippen molar-refractivity contribution >= 4 is 17.8 Å².